The Morgan fingerprint density at radius 2 is 2.00 bits per heavy atom. The molecule has 0 unspecified atom stereocenters. The molecule has 0 aromatic heterocycles. The molecule has 0 radical (unpaired) electrons. The fourth-order valence-corrected chi connectivity index (χ4v) is 2.16. The lowest BCUT2D eigenvalue weighted by Crippen LogP contribution is -2.40. The SMILES string of the molecule is CC1(CNCC(=O)Nc2ccccc2)CCC1. The number of rotatable bonds is 5. The van der Waals surface area contributed by atoms with Crippen LogP contribution in [0.3, 0.4) is 0 Å². The van der Waals surface area contributed by atoms with E-state index in [1.807, 2.05) is 30.3 Å². The first-order chi connectivity index (χ1) is 8.18. The average molecular weight is 232 g/mol. The Balaban J connectivity index is 1.67. The van der Waals surface area contributed by atoms with Gasteiger partial charge in [-0.1, -0.05) is 31.5 Å². The summed E-state index contributed by atoms with van der Waals surface area (Å²) in [5.74, 6) is 0.0270. The lowest BCUT2D eigenvalue weighted by atomic mass is 9.70. The minimum Gasteiger partial charge on any atom is -0.325 e. The molecule has 0 aliphatic heterocycles. The van der Waals surface area contributed by atoms with Crippen molar-refractivity contribution in [3.05, 3.63) is 30.3 Å². The molecule has 1 aliphatic carbocycles. The molecule has 1 amide bonds. The van der Waals surface area contributed by atoms with Crippen LogP contribution in [-0.2, 0) is 4.79 Å². The number of carbonyl (C=O) groups excluding carboxylic acids is 1. The average Bonchev–Trinajstić information content (AvgIpc) is 2.28. The fraction of sp³-hybridized carbons (Fsp3) is 0.500. The van der Waals surface area contributed by atoms with Gasteiger partial charge in [0.05, 0.1) is 6.54 Å². The summed E-state index contributed by atoms with van der Waals surface area (Å²) in [5.41, 5.74) is 1.28. The lowest BCUT2D eigenvalue weighted by molar-refractivity contribution is -0.115. The first-order valence-corrected chi connectivity index (χ1v) is 6.24. The Morgan fingerprint density at radius 3 is 2.59 bits per heavy atom. The van der Waals surface area contributed by atoms with Crippen LogP contribution < -0.4 is 10.6 Å². The standard InChI is InChI=1S/C14H20N2O/c1-14(8-5-9-14)11-15-10-13(17)16-12-6-3-2-4-7-12/h2-4,6-7,15H,5,8-11H2,1H3,(H,16,17). The third kappa shape index (κ3) is 3.56. The molecule has 1 aromatic rings. The number of anilines is 1. The molecular weight excluding hydrogens is 212 g/mol. The summed E-state index contributed by atoms with van der Waals surface area (Å²) in [7, 11) is 0. The zero-order chi connectivity index (χ0) is 12.1. The van der Waals surface area contributed by atoms with Crippen LogP contribution in [0.15, 0.2) is 30.3 Å². The van der Waals surface area contributed by atoms with Crippen LogP contribution in [0.1, 0.15) is 26.2 Å². The summed E-state index contributed by atoms with van der Waals surface area (Å²) in [6, 6.07) is 9.55. The maximum Gasteiger partial charge on any atom is 0.238 e. The predicted molar refractivity (Wildman–Crippen MR) is 69.9 cm³/mol. The molecule has 2 N–H and O–H groups in total. The van der Waals surface area contributed by atoms with Crippen LogP contribution in [0.4, 0.5) is 5.69 Å². The summed E-state index contributed by atoms with van der Waals surface area (Å²) >= 11 is 0. The van der Waals surface area contributed by atoms with Crippen molar-refractivity contribution in [3.63, 3.8) is 0 Å². The van der Waals surface area contributed by atoms with Gasteiger partial charge in [0.15, 0.2) is 0 Å². The maximum absolute atomic E-state index is 11.6. The molecule has 1 fully saturated rings. The second-order valence-corrected chi connectivity index (χ2v) is 5.18. The van der Waals surface area contributed by atoms with Crippen molar-refractivity contribution in [2.75, 3.05) is 18.4 Å². The summed E-state index contributed by atoms with van der Waals surface area (Å²) in [5, 5.41) is 6.10. The number of hydrogen-bond donors (Lipinski definition) is 2. The highest BCUT2D eigenvalue weighted by molar-refractivity contribution is 5.92. The second kappa shape index (κ2) is 5.32. The predicted octanol–water partition coefficient (Wildman–Crippen LogP) is 2.40. The first kappa shape index (κ1) is 12.1. The largest absolute Gasteiger partial charge is 0.325 e. The van der Waals surface area contributed by atoms with Crippen molar-refractivity contribution < 1.29 is 4.79 Å². The molecule has 3 heteroatoms. The van der Waals surface area contributed by atoms with Gasteiger partial charge in [0.2, 0.25) is 5.91 Å². The second-order valence-electron chi connectivity index (χ2n) is 5.18. The third-order valence-corrected chi connectivity index (χ3v) is 3.46. The van der Waals surface area contributed by atoms with Gasteiger partial charge in [-0.15, -0.1) is 0 Å². The minimum atomic E-state index is 0.0270. The van der Waals surface area contributed by atoms with Gasteiger partial charge in [-0.2, -0.15) is 0 Å². The van der Waals surface area contributed by atoms with Gasteiger partial charge in [-0.05, 0) is 30.4 Å². The van der Waals surface area contributed by atoms with Gasteiger partial charge >= 0.3 is 0 Å². The molecule has 0 heterocycles. The fourth-order valence-electron chi connectivity index (χ4n) is 2.16. The van der Waals surface area contributed by atoms with Crippen LogP contribution >= 0.6 is 0 Å². The Labute approximate surface area is 103 Å². The van der Waals surface area contributed by atoms with E-state index in [0.717, 1.165) is 12.2 Å². The summed E-state index contributed by atoms with van der Waals surface area (Å²) < 4.78 is 0. The van der Waals surface area contributed by atoms with Crippen molar-refractivity contribution >= 4 is 11.6 Å². The van der Waals surface area contributed by atoms with Crippen molar-refractivity contribution in [3.8, 4) is 0 Å². The van der Waals surface area contributed by atoms with Crippen LogP contribution in [0.5, 0.6) is 0 Å². The molecule has 3 nitrogen and oxygen atoms in total. The van der Waals surface area contributed by atoms with E-state index in [2.05, 4.69) is 17.6 Å². The van der Waals surface area contributed by atoms with Gasteiger partial charge < -0.3 is 10.6 Å². The van der Waals surface area contributed by atoms with Crippen LogP contribution in [0, 0.1) is 5.41 Å². The zero-order valence-corrected chi connectivity index (χ0v) is 10.3. The molecule has 0 bridgehead atoms. The first-order valence-electron chi connectivity index (χ1n) is 6.24. The van der Waals surface area contributed by atoms with Gasteiger partial charge in [-0.3, -0.25) is 4.79 Å². The maximum atomic E-state index is 11.6. The van der Waals surface area contributed by atoms with Crippen LogP contribution in [0.25, 0.3) is 0 Å². The Kier molecular flexibility index (Phi) is 3.79. The smallest absolute Gasteiger partial charge is 0.238 e. The van der Waals surface area contributed by atoms with Crippen LogP contribution in [0.2, 0.25) is 0 Å². The van der Waals surface area contributed by atoms with E-state index in [4.69, 9.17) is 0 Å². The Hall–Kier alpha value is -1.35. The van der Waals surface area contributed by atoms with E-state index in [0.29, 0.717) is 12.0 Å². The van der Waals surface area contributed by atoms with Crippen molar-refractivity contribution in [1.29, 1.82) is 0 Å². The van der Waals surface area contributed by atoms with Gasteiger partial charge in [0, 0.05) is 12.2 Å². The molecule has 0 spiro atoms. The van der Waals surface area contributed by atoms with Gasteiger partial charge in [0.25, 0.3) is 0 Å². The lowest BCUT2D eigenvalue weighted by Gasteiger charge is -2.38. The highest BCUT2D eigenvalue weighted by Gasteiger charge is 2.31. The molecule has 0 atom stereocenters. The van der Waals surface area contributed by atoms with E-state index >= 15 is 0 Å². The Morgan fingerprint density at radius 1 is 1.29 bits per heavy atom. The molecule has 17 heavy (non-hydrogen) atoms. The summed E-state index contributed by atoms with van der Waals surface area (Å²) in [6.07, 6.45) is 3.88. The normalized spacial score (nSPS) is 17.2. The number of amides is 1. The van der Waals surface area contributed by atoms with E-state index < -0.39 is 0 Å². The number of hydrogen-bond acceptors (Lipinski definition) is 2. The monoisotopic (exact) mass is 232 g/mol. The van der Waals surface area contributed by atoms with E-state index in [1.54, 1.807) is 0 Å². The summed E-state index contributed by atoms with van der Waals surface area (Å²) in [6.45, 7) is 3.61. The molecule has 0 saturated heterocycles. The number of carbonyl (C=O) groups is 1. The van der Waals surface area contributed by atoms with E-state index in [-0.39, 0.29) is 5.91 Å². The number of para-hydroxylation sites is 1. The molecule has 1 aromatic carbocycles. The molecular formula is C14H20N2O. The highest BCUT2D eigenvalue weighted by atomic mass is 16.1. The molecule has 92 valence electrons. The van der Waals surface area contributed by atoms with Gasteiger partial charge in [-0.25, -0.2) is 0 Å². The van der Waals surface area contributed by atoms with Crippen molar-refractivity contribution in [2.45, 2.75) is 26.2 Å². The zero-order valence-electron chi connectivity index (χ0n) is 10.3. The Bertz CT molecular complexity index is 371. The van der Waals surface area contributed by atoms with Gasteiger partial charge in [0.1, 0.15) is 0 Å². The minimum absolute atomic E-state index is 0.0270. The number of benzene rings is 1. The van der Waals surface area contributed by atoms with E-state index in [9.17, 15) is 4.79 Å². The van der Waals surface area contributed by atoms with E-state index in [1.165, 1.54) is 19.3 Å². The van der Waals surface area contributed by atoms with Crippen molar-refractivity contribution in [1.82, 2.24) is 5.32 Å². The van der Waals surface area contributed by atoms with Crippen molar-refractivity contribution in [2.24, 2.45) is 5.41 Å². The molecule has 2 rings (SSSR count). The highest BCUT2D eigenvalue weighted by Crippen LogP contribution is 2.39. The topological polar surface area (TPSA) is 41.1 Å². The third-order valence-electron chi connectivity index (χ3n) is 3.46. The quantitative estimate of drug-likeness (QED) is 0.818. The molecule has 1 aliphatic rings. The molecule has 1 saturated carbocycles. The number of nitrogens with one attached hydrogen (secondary N) is 2. The van der Waals surface area contributed by atoms with Crippen LogP contribution in [-0.4, -0.2) is 19.0 Å². The summed E-state index contributed by atoms with van der Waals surface area (Å²) in [4.78, 5) is 11.6.